The minimum atomic E-state index is -2.91. The van der Waals surface area contributed by atoms with Crippen LogP contribution in [0, 0.1) is 0 Å². The van der Waals surface area contributed by atoms with Crippen LogP contribution in [0.2, 0.25) is 0 Å². The van der Waals surface area contributed by atoms with Gasteiger partial charge in [0, 0.05) is 18.7 Å². The molecular formula is C13H19NO4S. The lowest BCUT2D eigenvalue weighted by Gasteiger charge is -2.12. The van der Waals surface area contributed by atoms with E-state index >= 15 is 0 Å². The van der Waals surface area contributed by atoms with Gasteiger partial charge in [-0.25, -0.2) is 8.42 Å². The summed E-state index contributed by atoms with van der Waals surface area (Å²) in [6.45, 7) is 0.855. The lowest BCUT2D eigenvalue weighted by molar-refractivity contribution is 0.410. The molecule has 1 aromatic carbocycles. The van der Waals surface area contributed by atoms with Crippen molar-refractivity contribution in [1.82, 2.24) is 5.32 Å². The lowest BCUT2D eigenvalue weighted by atomic mass is 10.2. The fraction of sp³-hybridized carbons (Fsp3) is 0.538. The Kier molecular flexibility index (Phi) is 4.31. The highest BCUT2D eigenvalue weighted by Gasteiger charge is 2.30. The maximum atomic E-state index is 11.7. The predicted molar refractivity (Wildman–Crippen MR) is 73.2 cm³/mol. The summed E-state index contributed by atoms with van der Waals surface area (Å²) in [5, 5.41) is 12.5. The molecule has 0 aliphatic carbocycles. The van der Waals surface area contributed by atoms with E-state index in [0.29, 0.717) is 30.2 Å². The van der Waals surface area contributed by atoms with Crippen molar-refractivity contribution >= 4 is 9.84 Å². The molecule has 5 nitrogen and oxygen atoms in total. The van der Waals surface area contributed by atoms with Crippen LogP contribution in [-0.2, 0) is 16.4 Å². The Morgan fingerprint density at radius 2 is 2.26 bits per heavy atom. The second-order valence-electron chi connectivity index (χ2n) is 4.76. The van der Waals surface area contributed by atoms with Gasteiger partial charge in [-0.2, -0.15) is 0 Å². The minimum Gasteiger partial charge on any atom is -0.508 e. The average molecular weight is 285 g/mol. The van der Waals surface area contributed by atoms with Crippen molar-refractivity contribution in [2.45, 2.75) is 24.6 Å². The van der Waals surface area contributed by atoms with Crippen molar-refractivity contribution in [3.8, 4) is 11.5 Å². The van der Waals surface area contributed by atoms with Crippen molar-refractivity contribution in [3.05, 3.63) is 23.8 Å². The molecule has 0 spiro atoms. The first-order valence-corrected chi connectivity index (χ1v) is 8.02. The minimum absolute atomic E-state index is 0.183. The first-order valence-electron chi connectivity index (χ1n) is 6.31. The van der Waals surface area contributed by atoms with Crippen molar-refractivity contribution in [3.63, 3.8) is 0 Å². The molecule has 1 fully saturated rings. The summed E-state index contributed by atoms with van der Waals surface area (Å²) < 4.78 is 28.4. The lowest BCUT2D eigenvalue weighted by Crippen LogP contribution is -2.30. The molecule has 0 radical (unpaired) electrons. The molecule has 1 atom stereocenters. The van der Waals surface area contributed by atoms with Crippen LogP contribution in [0.25, 0.3) is 0 Å². The second kappa shape index (κ2) is 5.79. The Labute approximate surface area is 113 Å². The Morgan fingerprint density at radius 1 is 1.47 bits per heavy atom. The summed E-state index contributed by atoms with van der Waals surface area (Å²) in [6, 6.07) is 4.99. The third kappa shape index (κ3) is 3.39. The molecule has 1 aliphatic rings. The Hall–Kier alpha value is -1.27. The molecule has 106 valence electrons. The van der Waals surface area contributed by atoms with Crippen molar-refractivity contribution in [2.75, 3.05) is 19.4 Å². The number of sulfone groups is 1. The second-order valence-corrected chi connectivity index (χ2v) is 7.16. The van der Waals surface area contributed by atoms with Crippen LogP contribution in [0.4, 0.5) is 0 Å². The van der Waals surface area contributed by atoms with Gasteiger partial charge in [0.15, 0.2) is 9.84 Å². The van der Waals surface area contributed by atoms with E-state index in [0.717, 1.165) is 12.8 Å². The molecule has 0 amide bonds. The van der Waals surface area contributed by atoms with Crippen molar-refractivity contribution in [2.24, 2.45) is 0 Å². The third-order valence-corrected chi connectivity index (χ3v) is 5.71. The van der Waals surface area contributed by atoms with E-state index < -0.39 is 9.84 Å². The van der Waals surface area contributed by atoms with Gasteiger partial charge in [0.25, 0.3) is 0 Å². The number of benzene rings is 1. The molecular weight excluding hydrogens is 266 g/mol. The summed E-state index contributed by atoms with van der Waals surface area (Å²) in [4.78, 5) is 0. The molecule has 2 N–H and O–H groups in total. The Balaban J connectivity index is 1.92. The molecule has 19 heavy (non-hydrogen) atoms. The number of phenols is 1. The zero-order valence-electron chi connectivity index (χ0n) is 10.9. The van der Waals surface area contributed by atoms with Crippen LogP contribution in [0.3, 0.4) is 0 Å². The zero-order valence-corrected chi connectivity index (χ0v) is 11.7. The smallest absolute Gasteiger partial charge is 0.154 e. The number of hydrogen-bond acceptors (Lipinski definition) is 5. The van der Waals surface area contributed by atoms with Crippen LogP contribution in [0.1, 0.15) is 18.4 Å². The molecule has 1 saturated heterocycles. The highest BCUT2D eigenvalue weighted by atomic mass is 32.2. The fourth-order valence-electron chi connectivity index (χ4n) is 2.29. The van der Waals surface area contributed by atoms with Crippen LogP contribution >= 0.6 is 0 Å². The van der Waals surface area contributed by atoms with E-state index in [1.165, 1.54) is 0 Å². The average Bonchev–Trinajstić information content (AvgIpc) is 2.71. The largest absolute Gasteiger partial charge is 0.508 e. The van der Waals surface area contributed by atoms with Crippen molar-refractivity contribution < 1.29 is 18.3 Å². The van der Waals surface area contributed by atoms with Gasteiger partial charge in [0.05, 0.1) is 18.1 Å². The van der Waals surface area contributed by atoms with E-state index in [-0.39, 0.29) is 11.0 Å². The van der Waals surface area contributed by atoms with Crippen LogP contribution in [0.5, 0.6) is 11.5 Å². The van der Waals surface area contributed by atoms with Crippen LogP contribution < -0.4 is 10.1 Å². The molecule has 1 unspecified atom stereocenters. The maximum absolute atomic E-state index is 11.7. The van der Waals surface area contributed by atoms with Gasteiger partial charge in [-0.15, -0.1) is 0 Å². The normalized spacial score (nSPS) is 21.4. The molecule has 0 bridgehead atoms. The summed E-state index contributed by atoms with van der Waals surface area (Å²) >= 11 is 0. The SMILES string of the molecule is COc1ccc(O)c(CNCC2CCCS2(=O)=O)c1. The van der Waals surface area contributed by atoms with Gasteiger partial charge in [-0.1, -0.05) is 0 Å². The van der Waals surface area contributed by atoms with Gasteiger partial charge in [0.2, 0.25) is 0 Å². The quantitative estimate of drug-likeness (QED) is 0.846. The van der Waals surface area contributed by atoms with E-state index in [1.54, 1.807) is 25.3 Å². The summed E-state index contributed by atoms with van der Waals surface area (Å²) in [6.07, 6.45) is 1.47. The maximum Gasteiger partial charge on any atom is 0.154 e. The van der Waals surface area contributed by atoms with E-state index in [9.17, 15) is 13.5 Å². The number of rotatable bonds is 5. The number of ether oxygens (including phenoxy) is 1. The first kappa shape index (κ1) is 14.1. The van der Waals surface area contributed by atoms with E-state index in [1.807, 2.05) is 0 Å². The number of nitrogens with one attached hydrogen (secondary N) is 1. The highest BCUT2D eigenvalue weighted by Crippen LogP contribution is 2.23. The molecule has 1 aliphatic heterocycles. The van der Waals surface area contributed by atoms with Crippen molar-refractivity contribution in [1.29, 1.82) is 0 Å². The zero-order chi connectivity index (χ0) is 13.9. The molecule has 0 saturated carbocycles. The molecule has 1 heterocycles. The van der Waals surface area contributed by atoms with Gasteiger partial charge < -0.3 is 15.2 Å². The number of hydrogen-bond donors (Lipinski definition) is 2. The number of phenolic OH excluding ortho intramolecular Hbond substituents is 1. The monoisotopic (exact) mass is 285 g/mol. The standard InChI is InChI=1S/C13H19NO4S/c1-18-11-4-5-13(15)10(7-11)8-14-9-12-3-2-6-19(12,16)17/h4-5,7,12,14-15H,2-3,6,8-9H2,1H3. The predicted octanol–water partition coefficient (Wildman–Crippen LogP) is 1.07. The number of aromatic hydroxyl groups is 1. The van der Waals surface area contributed by atoms with E-state index in [4.69, 9.17) is 4.74 Å². The molecule has 0 aromatic heterocycles. The van der Waals surface area contributed by atoms with Gasteiger partial charge in [-0.05, 0) is 31.0 Å². The summed E-state index contributed by atoms with van der Waals surface area (Å²) in [5.41, 5.74) is 0.703. The Bertz CT molecular complexity index is 542. The first-order chi connectivity index (χ1) is 9.03. The van der Waals surface area contributed by atoms with Crippen LogP contribution in [0.15, 0.2) is 18.2 Å². The highest BCUT2D eigenvalue weighted by molar-refractivity contribution is 7.92. The molecule has 6 heteroatoms. The van der Waals surface area contributed by atoms with Gasteiger partial charge >= 0.3 is 0 Å². The van der Waals surface area contributed by atoms with E-state index in [2.05, 4.69) is 5.32 Å². The van der Waals surface area contributed by atoms with Gasteiger partial charge in [-0.3, -0.25) is 0 Å². The Morgan fingerprint density at radius 3 is 2.89 bits per heavy atom. The third-order valence-electron chi connectivity index (χ3n) is 3.44. The summed E-state index contributed by atoms with van der Waals surface area (Å²) in [7, 11) is -1.35. The van der Waals surface area contributed by atoms with Crippen LogP contribution in [-0.4, -0.2) is 38.2 Å². The number of methoxy groups -OCH3 is 1. The summed E-state index contributed by atoms with van der Waals surface area (Å²) in [5.74, 6) is 1.15. The fourth-order valence-corrected chi connectivity index (χ4v) is 4.09. The molecule has 1 aromatic rings. The topological polar surface area (TPSA) is 75.6 Å². The van der Waals surface area contributed by atoms with Gasteiger partial charge in [0.1, 0.15) is 11.5 Å². The molecule has 2 rings (SSSR count).